The Morgan fingerprint density at radius 3 is 0.735 bits per heavy atom. The van der Waals surface area contributed by atoms with Gasteiger partial charge in [0, 0.05) is 0 Å². The fraction of sp³-hybridized carbons (Fsp3) is 0.250. The van der Waals surface area contributed by atoms with Gasteiger partial charge in [-0.15, -0.1) is 0 Å². The molecule has 0 bridgehead atoms. The summed E-state index contributed by atoms with van der Waals surface area (Å²) in [6.07, 6.45) is -1.38. The summed E-state index contributed by atoms with van der Waals surface area (Å²) < 4.78 is 0. The van der Waals surface area contributed by atoms with Gasteiger partial charge in [0.25, 0.3) is 0 Å². The second kappa shape index (κ2) is 10.7. The summed E-state index contributed by atoms with van der Waals surface area (Å²) >= 11 is 0. The van der Waals surface area contributed by atoms with Crippen LogP contribution in [0.5, 0.6) is 0 Å². The van der Waals surface area contributed by atoms with Crippen LogP contribution in [0.1, 0.15) is 44.5 Å². The Morgan fingerprint density at radius 1 is 0.353 bits per heavy atom. The van der Waals surface area contributed by atoms with Crippen molar-refractivity contribution in [2.75, 3.05) is 0 Å². The molecule has 0 aliphatic carbocycles. The molecule has 0 heterocycles. The molecule has 34 heavy (non-hydrogen) atoms. The molecule has 4 rings (SSSR count). The normalized spacial score (nSPS) is 11.3. The smallest absolute Gasteiger partial charge is 0.192 e. The molecule has 0 aromatic heterocycles. The third kappa shape index (κ3) is 4.81. The van der Waals surface area contributed by atoms with E-state index in [9.17, 15) is 0 Å². The summed E-state index contributed by atoms with van der Waals surface area (Å²) in [5, 5.41) is 0. The molecule has 0 N–H and O–H groups in total. The van der Waals surface area contributed by atoms with Crippen molar-refractivity contribution in [3.63, 3.8) is 0 Å². The van der Waals surface area contributed by atoms with Gasteiger partial charge < -0.3 is 0 Å². The van der Waals surface area contributed by atoms with Crippen LogP contribution >= 0.6 is 0 Å². The van der Waals surface area contributed by atoms with Crippen molar-refractivity contribution in [2.24, 2.45) is 0 Å². The van der Waals surface area contributed by atoms with E-state index in [1.165, 1.54) is 66.4 Å². The first kappa shape index (κ1) is 27.2. The molecule has 0 spiro atoms. The maximum atomic E-state index is 2.39. The van der Waals surface area contributed by atoms with Crippen LogP contribution in [0.4, 0.5) is 0 Å². The van der Waals surface area contributed by atoms with Crippen molar-refractivity contribution in [2.45, 2.75) is 55.4 Å². The molecule has 0 unspecified atom stereocenters. The molecule has 0 radical (unpaired) electrons. The SMILES string of the molecule is Cc1ccc([B-](c2ccc(C)cc2C)(c2ccc(C)cc2C)c2ccc(C)cc2C)c(C)c1.[K+]. The second-order valence-corrected chi connectivity index (χ2v) is 10.3. The Hall–Kier alpha value is -1.42. The summed E-state index contributed by atoms with van der Waals surface area (Å²) in [5.41, 5.74) is 16.3. The van der Waals surface area contributed by atoms with Crippen LogP contribution in [0, 0.1) is 55.4 Å². The molecule has 0 atom stereocenters. The summed E-state index contributed by atoms with van der Waals surface area (Å²) in [6.45, 7) is 17.9. The van der Waals surface area contributed by atoms with Crippen LogP contribution in [-0.4, -0.2) is 6.15 Å². The van der Waals surface area contributed by atoms with E-state index in [0.29, 0.717) is 0 Å². The van der Waals surface area contributed by atoms with Crippen molar-refractivity contribution in [1.29, 1.82) is 0 Å². The van der Waals surface area contributed by atoms with Crippen molar-refractivity contribution in [1.82, 2.24) is 0 Å². The van der Waals surface area contributed by atoms with E-state index in [1.54, 1.807) is 0 Å². The first-order valence-electron chi connectivity index (χ1n) is 12.1. The van der Waals surface area contributed by atoms with Gasteiger partial charge in [0.05, 0.1) is 0 Å². The van der Waals surface area contributed by atoms with E-state index in [0.717, 1.165) is 0 Å². The zero-order valence-corrected chi connectivity index (χ0v) is 25.6. The molecule has 0 saturated carbocycles. The van der Waals surface area contributed by atoms with Crippen LogP contribution in [0.3, 0.4) is 0 Å². The minimum Gasteiger partial charge on any atom is -0.192 e. The van der Waals surface area contributed by atoms with Crippen molar-refractivity contribution < 1.29 is 51.4 Å². The molecule has 0 aliphatic rings. The molecule has 168 valence electrons. The van der Waals surface area contributed by atoms with E-state index in [2.05, 4.69) is 128 Å². The minimum atomic E-state index is -1.38. The second-order valence-electron chi connectivity index (χ2n) is 10.3. The molecular formula is C32H36BK. The maximum absolute atomic E-state index is 2.39. The predicted octanol–water partition coefficient (Wildman–Crippen LogP) is 2.54. The average molecular weight is 471 g/mol. The third-order valence-electron chi connectivity index (χ3n) is 7.57. The Morgan fingerprint density at radius 2 is 0.559 bits per heavy atom. The fourth-order valence-corrected chi connectivity index (χ4v) is 6.25. The number of hydrogen-bond acceptors (Lipinski definition) is 0. The monoisotopic (exact) mass is 470 g/mol. The molecule has 2 heteroatoms. The summed E-state index contributed by atoms with van der Waals surface area (Å²) in [7, 11) is 0. The maximum Gasteiger partial charge on any atom is 1.00 e. The van der Waals surface area contributed by atoms with Gasteiger partial charge in [-0.1, -0.05) is 117 Å². The molecule has 0 nitrogen and oxygen atoms in total. The topological polar surface area (TPSA) is 0 Å². The number of aryl methyl sites for hydroxylation is 8. The Balaban J connectivity index is 0.00000324. The van der Waals surface area contributed by atoms with Gasteiger partial charge in [-0.05, 0) is 55.4 Å². The van der Waals surface area contributed by atoms with Crippen LogP contribution < -0.4 is 73.2 Å². The predicted molar refractivity (Wildman–Crippen MR) is 148 cm³/mol. The standard InChI is InChI=1S/C32H36B.K/c1-21-9-13-29(25(5)17-21)33(30-14-10-22(2)18-26(30)6,31-15-11-23(3)19-27(31)7)32-16-12-24(4)20-28(32)8;/h9-20H,1-8H3;/q-1;+1. The molecule has 0 amide bonds. The zero-order chi connectivity index (χ0) is 23.9. The third-order valence-corrected chi connectivity index (χ3v) is 7.57. The number of rotatable bonds is 4. The number of hydrogen-bond donors (Lipinski definition) is 0. The largest absolute Gasteiger partial charge is 1.00 e. The van der Waals surface area contributed by atoms with E-state index >= 15 is 0 Å². The molecule has 0 fully saturated rings. The van der Waals surface area contributed by atoms with Crippen LogP contribution in [-0.2, 0) is 0 Å². The van der Waals surface area contributed by atoms with Gasteiger partial charge in [-0.3, -0.25) is 0 Å². The van der Waals surface area contributed by atoms with Crippen molar-refractivity contribution >= 4 is 28.0 Å². The Kier molecular flexibility index (Phi) is 8.54. The fourth-order valence-electron chi connectivity index (χ4n) is 6.25. The van der Waals surface area contributed by atoms with Gasteiger partial charge in [-0.25, -0.2) is 0 Å². The van der Waals surface area contributed by atoms with Gasteiger partial charge in [0.2, 0.25) is 0 Å². The molecule has 4 aromatic carbocycles. The van der Waals surface area contributed by atoms with Crippen LogP contribution in [0.2, 0.25) is 0 Å². The first-order chi connectivity index (χ1) is 15.6. The average Bonchev–Trinajstić information content (AvgIpc) is 2.72. The summed E-state index contributed by atoms with van der Waals surface area (Å²) in [4.78, 5) is 0. The van der Waals surface area contributed by atoms with Gasteiger partial charge >= 0.3 is 51.4 Å². The molecule has 0 saturated heterocycles. The van der Waals surface area contributed by atoms with E-state index in [-0.39, 0.29) is 51.4 Å². The van der Waals surface area contributed by atoms with Gasteiger partial charge in [0.15, 0.2) is 0 Å². The zero-order valence-electron chi connectivity index (χ0n) is 22.5. The van der Waals surface area contributed by atoms with E-state index in [1.807, 2.05) is 0 Å². The van der Waals surface area contributed by atoms with Gasteiger partial charge in [0.1, 0.15) is 6.15 Å². The Bertz CT molecular complexity index is 1140. The van der Waals surface area contributed by atoms with Crippen molar-refractivity contribution in [3.05, 3.63) is 117 Å². The summed E-state index contributed by atoms with van der Waals surface area (Å²) in [6, 6.07) is 28.1. The van der Waals surface area contributed by atoms with Crippen molar-refractivity contribution in [3.8, 4) is 0 Å². The van der Waals surface area contributed by atoms with Crippen LogP contribution in [0.15, 0.2) is 72.8 Å². The minimum absolute atomic E-state index is 0. The molecular weight excluding hydrogens is 434 g/mol. The van der Waals surface area contributed by atoms with Crippen LogP contribution in [0.25, 0.3) is 0 Å². The van der Waals surface area contributed by atoms with E-state index < -0.39 is 6.15 Å². The molecule has 4 aromatic rings. The Labute approximate surface area is 249 Å². The first-order valence-corrected chi connectivity index (χ1v) is 12.1. The number of benzene rings is 4. The quantitative estimate of drug-likeness (QED) is 0.402. The summed E-state index contributed by atoms with van der Waals surface area (Å²) in [5.74, 6) is 0. The van der Waals surface area contributed by atoms with Gasteiger partial charge in [-0.2, -0.15) is 21.9 Å². The molecule has 0 aliphatic heterocycles. The van der Waals surface area contributed by atoms with E-state index in [4.69, 9.17) is 0 Å².